The Kier molecular flexibility index (Phi) is 3.87. The van der Waals surface area contributed by atoms with E-state index in [0.717, 1.165) is 11.1 Å². The van der Waals surface area contributed by atoms with Crippen molar-refractivity contribution in [3.05, 3.63) is 64.5 Å². The van der Waals surface area contributed by atoms with Crippen molar-refractivity contribution in [3.8, 4) is 0 Å². The molecule has 1 aliphatic rings. The lowest BCUT2D eigenvalue weighted by Gasteiger charge is -2.33. The van der Waals surface area contributed by atoms with E-state index in [1.807, 2.05) is 32.0 Å². The van der Waals surface area contributed by atoms with E-state index in [1.165, 1.54) is 25.1 Å². The molecule has 1 unspecified atom stereocenters. The van der Waals surface area contributed by atoms with Crippen molar-refractivity contribution < 1.29 is 18.7 Å². The Morgan fingerprint density at radius 3 is 2.67 bits per heavy atom. The number of fused-ring (bicyclic) bond motifs is 1. The topological polar surface area (TPSA) is 55.4 Å². The number of nitrogens with one attached hydrogen (secondary N) is 1. The number of ether oxygens (including phenoxy) is 1. The second kappa shape index (κ2) is 5.74. The summed E-state index contributed by atoms with van der Waals surface area (Å²) < 4.78 is 18.8. The summed E-state index contributed by atoms with van der Waals surface area (Å²) in [4.78, 5) is 24.8. The maximum Gasteiger partial charge on any atom is 0.339 e. The van der Waals surface area contributed by atoms with Crippen molar-refractivity contribution in [1.82, 2.24) is 0 Å². The van der Waals surface area contributed by atoms with E-state index in [0.29, 0.717) is 16.8 Å². The lowest BCUT2D eigenvalue weighted by atomic mass is 9.89. The maximum absolute atomic E-state index is 13.5. The van der Waals surface area contributed by atoms with Gasteiger partial charge in [-0.3, -0.25) is 4.79 Å². The SMILES string of the molecule is Cc1ccc(NC(=O)C2(C)Cc3cc(F)ccc3C(=O)O2)c(C)c1. The third-order valence-corrected chi connectivity index (χ3v) is 4.24. The molecule has 124 valence electrons. The van der Waals surface area contributed by atoms with Crippen molar-refractivity contribution in [2.24, 2.45) is 0 Å². The van der Waals surface area contributed by atoms with Gasteiger partial charge in [-0.1, -0.05) is 17.7 Å². The molecule has 0 spiro atoms. The first-order valence-corrected chi connectivity index (χ1v) is 7.69. The van der Waals surface area contributed by atoms with Crippen LogP contribution in [0.2, 0.25) is 0 Å². The van der Waals surface area contributed by atoms with E-state index >= 15 is 0 Å². The highest BCUT2D eigenvalue weighted by Crippen LogP contribution is 2.30. The first kappa shape index (κ1) is 16.2. The molecule has 5 heteroatoms. The highest BCUT2D eigenvalue weighted by molar-refractivity contribution is 6.02. The molecule has 1 atom stereocenters. The standard InChI is InChI=1S/C19H18FNO3/c1-11-4-7-16(12(2)8-11)21-18(23)19(3)10-13-9-14(20)5-6-15(13)17(22)24-19/h4-9H,10H2,1-3H3,(H,21,23). The number of hydrogen-bond donors (Lipinski definition) is 1. The van der Waals surface area contributed by atoms with Crippen molar-refractivity contribution in [2.45, 2.75) is 32.8 Å². The lowest BCUT2D eigenvalue weighted by Crippen LogP contribution is -2.49. The van der Waals surface area contributed by atoms with Crippen LogP contribution in [0.4, 0.5) is 10.1 Å². The van der Waals surface area contributed by atoms with Gasteiger partial charge in [0.15, 0.2) is 5.60 Å². The van der Waals surface area contributed by atoms with Crippen LogP contribution >= 0.6 is 0 Å². The van der Waals surface area contributed by atoms with E-state index in [2.05, 4.69) is 5.32 Å². The molecule has 0 radical (unpaired) electrons. The number of cyclic esters (lactones) is 1. The van der Waals surface area contributed by atoms with Crippen LogP contribution in [0.1, 0.15) is 34.0 Å². The molecule has 0 aromatic heterocycles. The van der Waals surface area contributed by atoms with E-state index in [4.69, 9.17) is 4.74 Å². The first-order valence-electron chi connectivity index (χ1n) is 7.69. The lowest BCUT2D eigenvalue weighted by molar-refractivity contribution is -0.134. The normalized spacial score (nSPS) is 19.4. The fourth-order valence-corrected chi connectivity index (χ4v) is 2.90. The largest absolute Gasteiger partial charge is 0.445 e. The summed E-state index contributed by atoms with van der Waals surface area (Å²) in [5.41, 5.74) is 2.06. The molecule has 2 aromatic rings. The number of hydrogen-bond acceptors (Lipinski definition) is 3. The molecule has 1 N–H and O–H groups in total. The molecular formula is C19H18FNO3. The van der Waals surface area contributed by atoms with Crippen molar-refractivity contribution >= 4 is 17.6 Å². The summed E-state index contributed by atoms with van der Waals surface area (Å²) in [5, 5.41) is 2.80. The Hall–Kier alpha value is -2.69. The van der Waals surface area contributed by atoms with Crippen LogP contribution in [-0.2, 0) is 16.0 Å². The maximum atomic E-state index is 13.5. The second-order valence-electron chi connectivity index (χ2n) is 6.37. The minimum atomic E-state index is -1.38. The summed E-state index contributed by atoms with van der Waals surface area (Å²) in [7, 11) is 0. The van der Waals surface area contributed by atoms with Gasteiger partial charge in [0.25, 0.3) is 5.91 Å². The minimum Gasteiger partial charge on any atom is -0.445 e. The number of carbonyl (C=O) groups is 2. The summed E-state index contributed by atoms with van der Waals surface area (Å²) in [6, 6.07) is 9.52. The minimum absolute atomic E-state index is 0.128. The van der Waals surface area contributed by atoms with Crippen LogP contribution in [0.3, 0.4) is 0 Å². The number of halogens is 1. The van der Waals surface area contributed by atoms with Crippen molar-refractivity contribution in [2.75, 3.05) is 5.32 Å². The van der Waals surface area contributed by atoms with Crippen LogP contribution in [0.5, 0.6) is 0 Å². The first-order chi connectivity index (χ1) is 11.3. The molecule has 2 aromatic carbocycles. The van der Waals surface area contributed by atoms with Crippen LogP contribution < -0.4 is 5.32 Å². The molecular weight excluding hydrogens is 309 g/mol. The fraction of sp³-hybridized carbons (Fsp3) is 0.263. The summed E-state index contributed by atoms with van der Waals surface area (Å²) in [6.07, 6.45) is 0.128. The van der Waals surface area contributed by atoms with Crippen LogP contribution in [0, 0.1) is 19.7 Å². The number of anilines is 1. The molecule has 1 aliphatic heterocycles. The monoisotopic (exact) mass is 327 g/mol. The Morgan fingerprint density at radius 2 is 1.96 bits per heavy atom. The Labute approximate surface area is 139 Å². The molecule has 24 heavy (non-hydrogen) atoms. The molecule has 1 heterocycles. The molecule has 0 saturated carbocycles. The number of benzene rings is 2. The van der Waals surface area contributed by atoms with Crippen molar-refractivity contribution in [1.29, 1.82) is 0 Å². The summed E-state index contributed by atoms with van der Waals surface area (Å²) in [6.45, 7) is 5.40. The zero-order valence-corrected chi connectivity index (χ0v) is 13.8. The van der Waals surface area contributed by atoms with Gasteiger partial charge in [0.05, 0.1) is 5.56 Å². The van der Waals surface area contributed by atoms with E-state index < -0.39 is 23.3 Å². The Bertz CT molecular complexity index is 847. The summed E-state index contributed by atoms with van der Waals surface area (Å²) >= 11 is 0. The van der Waals surface area contributed by atoms with Gasteiger partial charge in [0.1, 0.15) is 5.82 Å². The Morgan fingerprint density at radius 1 is 1.21 bits per heavy atom. The number of aryl methyl sites for hydroxylation is 2. The second-order valence-corrected chi connectivity index (χ2v) is 6.37. The third-order valence-electron chi connectivity index (χ3n) is 4.24. The zero-order valence-electron chi connectivity index (χ0n) is 13.8. The highest BCUT2D eigenvalue weighted by atomic mass is 19.1. The van der Waals surface area contributed by atoms with Gasteiger partial charge in [-0.05, 0) is 56.2 Å². The number of amides is 1. The quantitative estimate of drug-likeness (QED) is 0.858. The van der Waals surface area contributed by atoms with Gasteiger partial charge in [0.2, 0.25) is 0 Å². The average molecular weight is 327 g/mol. The van der Waals surface area contributed by atoms with Crippen LogP contribution in [-0.4, -0.2) is 17.5 Å². The molecule has 0 aliphatic carbocycles. The van der Waals surface area contributed by atoms with E-state index in [9.17, 15) is 14.0 Å². The predicted molar refractivity (Wildman–Crippen MR) is 88.5 cm³/mol. The number of carbonyl (C=O) groups excluding carboxylic acids is 2. The molecule has 0 fully saturated rings. The highest BCUT2D eigenvalue weighted by Gasteiger charge is 2.43. The average Bonchev–Trinajstić information content (AvgIpc) is 2.49. The van der Waals surface area contributed by atoms with Crippen molar-refractivity contribution in [3.63, 3.8) is 0 Å². The van der Waals surface area contributed by atoms with Crippen LogP contribution in [0.15, 0.2) is 36.4 Å². The molecule has 4 nitrogen and oxygen atoms in total. The predicted octanol–water partition coefficient (Wildman–Crippen LogP) is 3.55. The van der Waals surface area contributed by atoms with Gasteiger partial charge in [-0.25, -0.2) is 9.18 Å². The van der Waals surface area contributed by atoms with Crippen LogP contribution in [0.25, 0.3) is 0 Å². The van der Waals surface area contributed by atoms with E-state index in [-0.39, 0.29) is 6.42 Å². The van der Waals surface area contributed by atoms with Gasteiger partial charge >= 0.3 is 5.97 Å². The smallest absolute Gasteiger partial charge is 0.339 e. The summed E-state index contributed by atoms with van der Waals surface area (Å²) in [5.74, 6) is -1.49. The zero-order chi connectivity index (χ0) is 17.5. The van der Waals surface area contributed by atoms with Gasteiger partial charge < -0.3 is 10.1 Å². The Balaban J connectivity index is 1.88. The molecule has 0 bridgehead atoms. The van der Waals surface area contributed by atoms with E-state index in [1.54, 1.807) is 0 Å². The third kappa shape index (κ3) is 2.89. The molecule has 1 amide bonds. The number of esters is 1. The van der Waals surface area contributed by atoms with Gasteiger partial charge in [-0.15, -0.1) is 0 Å². The van der Waals surface area contributed by atoms with Gasteiger partial charge in [0, 0.05) is 12.1 Å². The number of rotatable bonds is 2. The van der Waals surface area contributed by atoms with Gasteiger partial charge in [-0.2, -0.15) is 0 Å². The molecule has 3 rings (SSSR count). The molecule has 0 saturated heterocycles. The fourth-order valence-electron chi connectivity index (χ4n) is 2.90.